The molecule has 0 spiro atoms. The molecule has 0 aromatic heterocycles. The summed E-state index contributed by atoms with van der Waals surface area (Å²) in [4.78, 5) is -0.872. The van der Waals surface area contributed by atoms with Crippen LogP contribution in [-0.4, -0.2) is 31.0 Å². The SMILES string of the molecule is O=S(=O)(O)c1ccc(N=Nc2ccc(N=Nc3c(S(=O)(=O)O)cc4cc(NCc5ccccc5)ccc4c3O)cc2)cc1. The normalized spacial score (nSPS) is 12.3. The first-order chi connectivity index (χ1) is 20.5. The topological polar surface area (TPSA) is 190 Å². The summed E-state index contributed by atoms with van der Waals surface area (Å²) in [7, 11) is -9.09. The first-order valence-electron chi connectivity index (χ1n) is 12.5. The molecule has 0 saturated carbocycles. The Bertz CT molecular complexity index is 2070. The zero-order valence-electron chi connectivity index (χ0n) is 22.1. The molecule has 0 amide bonds. The van der Waals surface area contributed by atoms with Crippen molar-refractivity contribution in [3.8, 4) is 5.75 Å². The molecule has 0 atom stereocenters. The molecular formula is C29H23N5O7S2. The van der Waals surface area contributed by atoms with E-state index in [-0.39, 0.29) is 10.6 Å². The van der Waals surface area contributed by atoms with Gasteiger partial charge in [0.1, 0.15) is 10.6 Å². The van der Waals surface area contributed by atoms with Gasteiger partial charge >= 0.3 is 0 Å². The Morgan fingerprint density at radius 3 is 1.74 bits per heavy atom. The van der Waals surface area contributed by atoms with Crippen LogP contribution in [0.3, 0.4) is 0 Å². The highest BCUT2D eigenvalue weighted by molar-refractivity contribution is 7.86. The van der Waals surface area contributed by atoms with Gasteiger partial charge in [0, 0.05) is 17.6 Å². The molecule has 43 heavy (non-hydrogen) atoms. The van der Waals surface area contributed by atoms with Crippen LogP contribution in [0.5, 0.6) is 5.75 Å². The zero-order valence-corrected chi connectivity index (χ0v) is 23.7. The molecule has 0 aliphatic heterocycles. The van der Waals surface area contributed by atoms with E-state index in [0.29, 0.717) is 34.4 Å². The maximum Gasteiger partial charge on any atom is 0.296 e. The van der Waals surface area contributed by atoms with Gasteiger partial charge in [-0.05, 0) is 83.7 Å². The number of aromatic hydroxyl groups is 1. The molecule has 0 aliphatic carbocycles. The number of anilines is 1. The second kappa shape index (κ2) is 12.1. The van der Waals surface area contributed by atoms with Crippen molar-refractivity contribution in [3.63, 3.8) is 0 Å². The first kappa shape index (κ1) is 29.5. The van der Waals surface area contributed by atoms with Crippen molar-refractivity contribution in [2.75, 3.05) is 5.32 Å². The van der Waals surface area contributed by atoms with E-state index in [1.807, 2.05) is 30.3 Å². The standard InChI is InChI=1S/C29H23N5O7S2/c35-29-26-15-12-24(30-18-19-4-2-1-3-5-19)16-20(26)17-27(43(39,40)41)28(29)34-33-22-8-6-21(7-9-22)31-32-23-10-13-25(14-11-23)42(36,37)38/h1-17,30,35H,18H2,(H,36,37,38)(H,39,40,41). The number of fused-ring (bicyclic) bond motifs is 1. The Balaban J connectivity index is 1.37. The van der Waals surface area contributed by atoms with Crippen LogP contribution >= 0.6 is 0 Å². The van der Waals surface area contributed by atoms with E-state index >= 15 is 0 Å². The lowest BCUT2D eigenvalue weighted by molar-refractivity contribution is 0.472. The minimum Gasteiger partial charge on any atom is -0.505 e. The highest BCUT2D eigenvalue weighted by Gasteiger charge is 2.22. The van der Waals surface area contributed by atoms with E-state index < -0.39 is 36.6 Å². The van der Waals surface area contributed by atoms with Gasteiger partial charge in [0.2, 0.25) is 0 Å². The average molecular weight is 618 g/mol. The molecule has 12 nitrogen and oxygen atoms in total. The van der Waals surface area contributed by atoms with Crippen molar-refractivity contribution in [1.29, 1.82) is 0 Å². The maximum atomic E-state index is 12.2. The van der Waals surface area contributed by atoms with Crippen molar-refractivity contribution >= 4 is 59.4 Å². The van der Waals surface area contributed by atoms with Crippen LogP contribution in [0, 0.1) is 0 Å². The van der Waals surface area contributed by atoms with Gasteiger partial charge in [0.15, 0.2) is 5.75 Å². The molecule has 14 heteroatoms. The molecule has 0 unspecified atom stereocenters. The number of hydrogen-bond donors (Lipinski definition) is 4. The minimum absolute atomic E-state index is 0.267. The van der Waals surface area contributed by atoms with Gasteiger partial charge in [-0.15, -0.1) is 5.11 Å². The third-order valence-corrected chi connectivity index (χ3v) is 7.93. The molecule has 5 rings (SSSR count). The Morgan fingerprint density at radius 2 is 1.19 bits per heavy atom. The largest absolute Gasteiger partial charge is 0.505 e. The van der Waals surface area contributed by atoms with Crippen molar-refractivity contribution in [3.05, 3.63) is 109 Å². The molecule has 0 radical (unpaired) electrons. The first-order valence-corrected chi connectivity index (χ1v) is 15.4. The Kier molecular flexibility index (Phi) is 8.27. The average Bonchev–Trinajstić information content (AvgIpc) is 2.98. The zero-order chi connectivity index (χ0) is 30.6. The molecule has 0 heterocycles. The van der Waals surface area contributed by atoms with Gasteiger partial charge in [0.05, 0.1) is 22.0 Å². The fourth-order valence-electron chi connectivity index (χ4n) is 4.05. The van der Waals surface area contributed by atoms with Crippen molar-refractivity contribution in [1.82, 2.24) is 0 Å². The van der Waals surface area contributed by atoms with Gasteiger partial charge in [-0.2, -0.15) is 32.2 Å². The highest BCUT2D eigenvalue weighted by atomic mass is 32.2. The van der Waals surface area contributed by atoms with Crippen LogP contribution in [0.25, 0.3) is 10.8 Å². The number of benzene rings is 5. The van der Waals surface area contributed by atoms with Gasteiger partial charge in [-0.25, -0.2) is 0 Å². The lowest BCUT2D eigenvalue weighted by Crippen LogP contribution is -2.00. The molecular weight excluding hydrogens is 594 g/mol. The summed E-state index contributed by atoms with van der Waals surface area (Å²) in [5, 5.41) is 30.8. The number of phenols is 1. The Labute approximate surface area is 246 Å². The van der Waals surface area contributed by atoms with E-state index in [0.717, 1.165) is 5.56 Å². The van der Waals surface area contributed by atoms with E-state index in [4.69, 9.17) is 4.55 Å². The van der Waals surface area contributed by atoms with Crippen LogP contribution in [0.1, 0.15) is 5.56 Å². The summed E-state index contributed by atoms with van der Waals surface area (Å²) in [5.41, 5.74) is 2.36. The van der Waals surface area contributed by atoms with E-state index in [9.17, 15) is 26.5 Å². The highest BCUT2D eigenvalue weighted by Crippen LogP contribution is 2.42. The molecule has 218 valence electrons. The maximum absolute atomic E-state index is 12.2. The van der Waals surface area contributed by atoms with E-state index in [1.54, 1.807) is 30.3 Å². The lowest BCUT2D eigenvalue weighted by Gasteiger charge is -2.11. The van der Waals surface area contributed by atoms with Crippen LogP contribution < -0.4 is 5.32 Å². The van der Waals surface area contributed by atoms with Crippen LogP contribution in [0.2, 0.25) is 0 Å². The Hall–Kier alpha value is -5.02. The number of rotatable bonds is 9. The summed E-state index contributed by atoms with van der Waals surface area (Å²) in [6.07, 6.45) is 0. The van der Waals surface area contributed by atoms with E-state index in [1.165, 1.54) is 42.5 Å². The summed E-state index contributed by atoms with van der Waals surface area (Å²) in [6, 6.07) is 27.2. The molecule has 4 N–H and O–H groups in total. The Morgan fingerprint density at radius 1 is 0.628 bits per heavy atom. The summed E-state index contributed by atoms with van der Waals surface area (Å²) >= 11 is 0. The number of nitrogens with zero attached hydrogens (tertiary/aromatic N) is 4. The quantitative estimate of drug-likeness (QED) is 0.0966. The molecule has 5 aromatic carbocycles. The smallest absolute Gasteiger partial charge is 0.296 e. The fourth-order valence-corrected chi connectivity index (χ4v) is 5.19. The monoisotopic (exact) mass is 617 g/mol. The van der Waals surface area contributed by atoms with Crippen molar-refractivity contribution in [2.24, 2.45) is 20.5 Å². The number of hydrogen-bond acceptors (Lipinski definition) is 10. The van der Waals surface area contributed by atoms with Crippen molar-refractivity contribution in [2.45, 2.75) is 16.3 Å². The summed E-state index contributed by atoms with van der Waals surface area (Å²) in [6.45, 7) is 0.528. The number of azo groups is 2. The third kappa shape index (κ3) is 7.25. The number of phenolic OH excluding ortho intramolecular Hbond substituents is 1. The number of nitrogens with one attached hydrogen (secondary N) is 1. The van der Waals surface area contributed by atoms with E-state index in [2.05, 4.69) is 25.8 Å². The molecule has 0 bridgehead atoms. The van der Waals surface area contributed by atoms with Crippen LogP contribution in [-0.2, 0) is 26.8 Å². The predicted molar refractivity (Wildman–Crippen MR) is 160 cm³/mol. The molecule has 5 aromatic rings. The second-order valence-electron chi connectivity index (χ2n) is 9.21. The van der Waals surface area contributed by atoms with Gasteiger partial charge in [-0.1, -0.05) is 30.3 Å². The summed E-state index contributed by atoms with van der Waals surface area (Å²) in [5.74, 6) is -0.464. The van der Waals surface area contributed by atoms with Gasteiger partial charge in [0.25, 0.3) is 20.2 Å². The second-order valence-corrected chi connectivity index (χ2v) is 12.0. The van der Waals surface area contributed by atoms with Gasteiger partial charge in [-0.3, -0.25) is 9.11 Å². The third-order valence-electron chi connectivity index (χ3n) is 6.20. The lowest BCUT2D eigenvalue weighted by atomic mass is 10.1. The molecule has 0 aliphatic rings. The fraction of sp³-hybridized carbons (Fsp3) is 0.0345. The van der Waals surface area contributed by atoms with Crippen LogP contribution in [0.15, 0.2) is 133 Å². The minimum atomic E-state index is -4.78. The van der Waals surface area contributed by atoms with Crippen molar-refractivity contribution < 1.29 is 31.0 Å². The molecule has 0 fully saturated rings. The van der Waals surface area contributed by atoms with Crippen LogP contribution in [0.4, 0.5) is 28.4 Å². The molecule has 0 saturated heterocycles. The summed E-state index contributed by atoms with van der Waals surface area (Å²) < 4.78 is 65.7. The van der Waals surface area contributed by atoms with Gasteiger partial charge < -0.3 is 10.4 Å². The predicted octanol–water partition coefficient (Wildman–Crippen LogP) is 7.48.